The summed E-state index contributed by atoms with van der Waals surface area (Å²) in [7, 11) is 0. The van der Waals surface area contributed by atoms with E-state index in [1.54, 1.807) is 30.3 Å². The standard InChI is InChI=1S/C22H25N5O3/c23-13-20(25)26-11-3-6-18(24)22(29)30-16-9-7-14(8-10-16)19-12-15-4-1-2-5-17(15)21(28)27-19/h1-2,4-5,7-10,12,18H,3,6,11,13,23-24H2,(H2,25,26)(H,27,28)/t18-/m0/s1. The Labute approximate surface area is 173 Å². The topological polar surface area (TPSA) is 147 Å². The van der Waals surface area contributed by atoms with Crippen LogP contribution in [0.15, 0.2) is 59.4 Å². The number of nitrogens with one attached hydrogen (secondary N) is 3. The number of aromatic nitrogens is 1. The summed E-state index contributed by atoms with van der Waals surface area (Å²) >= 11 is 0. The van der Waals surface area contributed by atoms with Crippen molar-refractivity contribution in [2.45, 2.75) is 18.9 Å². The predicted octanol–water partition coefficient (Wildman–Crippen LogP) is 1.73. The molecule has 1 atom stereocenters. The molecule has 0 aliphatic rings. The van der Waals surface area contributed by atoms with Gasteiger partial charge in [0.2, 0.25) is 0 Å². The summed E-state index contributed by atoms with van der Waals surface area (Å²) in [6, 6.07) is 15.4. The van der Waals surface area contributed by atoms with Crippen molar-refractivity contribution in [1.82, 2.24) is 10.3 Å². The molecule has 156 valence electrons. The van der Waals surface area contributed by atoms with Crippen LogP contribution in [-0.4, -0.2) is 35.9 Å². The van der Waals surface area contributed by atoms with Gasteiger partial charge in [-0.2, -0.15) is 0 Å². The second-order valence-electron chi connectivity index (χ2n) is 6.90. The first-order valence-corrected chi connectivity index (χ1v) is 9.69. The van der Waals surface area contributed by atoms with Gasteiger partial charge in [-0.25, -0.2) is 4.79 Å². The Hall–Kier alpha value is -3.49. The Kier molecular flexibility index (Phi) is 6.95. The Morgan fingerprint density at radius 1 is 1.17 bits per heavy atom. The minimum atomic E-state index is -0.754. The molecule has 0 radical (unpaired) electrons. The quantitative estimate of drug-likeness (QED) is 0.126. The van der Waals surface area contributed by atoms with Gasteiger partial charge in [0.15, 0.2) is 0 Å². The zero-order chi connectivity index (χ0) is 21.5. The number of pyridine rings is 1. The van der Waals surface area contributed by atoms with Crippen molar-refractivity contribution in [2.75, 3.05) is 13.1 Å². The van der Waals surface area contributed by atoms with Crippen molar-refractivity contribution < 1.29 is 9.53 Å². The predicted molar refractivity (Wildman–Crippen MR) is 118 cm³/mol. The molecule has 8 heteroatoms. The van der Waals surface area contributed by atoms with E-state index in [2.05, 4.69) is 10.3 Å². The minimum absolute atomic E-state index is 0.150. The lowest BCUT2D eigenvalue weighted by molar-refractivity contribution is -0.136. The van der Waals surface area contributed by atoms with Gasteiger partial charge < -0.3 is 26.5 Å². The van der Waals surface area contributed by atoms with Crippen LogP contribution in [0.1, 0.15) is 12.8 Å². The Bertz CT molecular complexity index is 1090. The first-order chi connectivity index (χ1) is 14.5. The summed E-state index contributed by atoms with van der Waals surface area (Å²) in [4.78, 5) is 27.3. The molecule has 0 amide bonds. The number of H-pyrrole nitrogens is 1. The van der Waals surface area contributed by atoms with Gasteiger partial charge in [-0.05, 0) is 60.2 Å². The third kappa shape index (κ3) is 5.31. The first-order valence-electron chi connectivity index (χ1n) is 9.69. The van der Waals surface area contributed by atoms with E-state index < -0.39 is 12.0 Å². The normalized spacial score (nSPS) is 11.8. The molecule has 0 bridgehead atoms. The van der Waals surface area contributed by atoms with Gasteiger partial charge in [0.25, 0.3) is 5.56 Å². The van der Waals surface area contributed by atoms with Gasteiger partial charge in [-0.3, -0.25) is 10.2 Å². The number of fused-ring (bicyclic) bond motifs is 1. The van der Waals surface area contributed by atoms with Crippen molar-refractivity contribution in [3.8, 4) is 17.0 Å². The van der Waals surface area contributed by atoms with Crippen molar-refractivity contribution in [3.05, 3.63) is 65.0 Å². The molecular formula is C22H25N5O3. The van der Waals surface area contributed by atoms with Gasteiger partial charge in [0.1, 0.15) is 17.6 Å². The van der Waals surface area contributed by atoms with E-state index in [-0.39, 0.29) is 17.9 Å². The van der Waals surface area contributed by atoms with Gasteiger partial charge in [-0.15, -0.1) is 0 Å². The van der Waals surface area contributed by atoms with Gasteiger partial charge >= 0.3 is 5.97 Å². The fraction of sp³-hybridized carbons (Fsp3) is 0.227. The summed E-state index contributed by atoms with van der Waals surface area (Å²) in [5.74, 6) is 0.111. The number of hydrogen-bond donors (Lipinski definition) is 5. The molecule has 0 aliphatic heterocycles. The maximum atomic E-state index is 12.3. The summed E-state index contributed by atoms with van der Waals surface area (Å²) in [6.45, 7) is 0.673. The van der Waals surface area contributed by atoms with Crippen LogP contribution in [0.2, 0.25) is 0 Å². The third-order valence-electron chi connectivity index (χ3n) is 4.67. The number of esters is 1. The molecule has 0 saturated heterocycles. The van der Waals surface area contributed by atoms with Gasteiger partial charge in [0, 0.05) is 17.6 Å². The van der Waals surface area contributed by atoms with E-state index in [1.807, 2.05) is 24.3 Å². The van der Waals surface area contributed by atoms with E-state index >= 15 is 0 Å². The molecule has 0 aliphatic carbocycles. The second-order valence-corrected chi connectivity index (χ2v) is 6.90. The maximum Gasteiger partial charge on any atom is 0.328 e. The molecule has 8 nitrogen and oxygen atoms in total. The van der Waals surface area contributed by atoms with E-state index in [0.29, 0.717) is 36.2 Å². The van der Waals surface area contributed by atoms with Crippen LogP contribution in [0.25, 0.3) is 22.0 Å². The smallest absolute Gasteiger partial charge is 0.328 e. The summed E-state index contributed by atoms with van der Waals surface area (Å²) in [5.41, 5.74) is 12.5. The Morgan fingerprint density at radius 3 is 2.63 bits per heavy atom. The highest BCUT2D eigenvalue weighted by atomic mass is 16.5. The lowest BCUT2D eigenvalue weighted by Gasteiger charge is -2.12. The molecule has 0 spiro atoms. The van der Waals surface area contributed by atoms with Crippen molar-refractivity contribution >= 4 is 22.6 Å². The van der Waals surface area contributed by atoms with Crippen LogP contribution in [0, 0.1) is 5.41 Å². The molecular weight excluding hydrogens is 382 g/mol. The largest absolute Gasteiger partial charge is 0.425 e. The third-order valence-corrected chi connectivity index (χ3v) is 4.67. The number of rotatable bonds is 8. The second kappa shape index (κ2) is 9.82. The SMILES string of the molecule is N=C(CN)NCCC[C@H](N)C(=O)Oc1ccc(-c2cc3ccccc3c(=O)[nH]2)cc1. The minimum Gasteiger partial charge on any atom is -0.425 e. The van der Waals surface area contributed by atoms with Crippen molar-refractivity contribution in [2.24, 2.45) is 11.5 Å². The van der Waals surface area contributed by atoms with Crippen LogP contribution < -0.4 is 27.1 Å². The Balaban J connectivity index is 1.60. The average Bonchev–Trinajstić information content (AvgIpc) is 2.76. The molecule has 1 heterocycles. The van der Waals surface area contributed by atoms with Crippen molar-refractivity contribution in [1.29, 1.82) is 5.41 Å². The zero-order valence-electron chi connectivity index (χ0n) is 16.5. The maximum absolute atomic E-state index is 12.3. The molecule has 3 aromatic rings. The number of ether oxygens (including phenoxy) is 1. The first kappa shape index (κ1) is 21.2. The molecule has 1 aromatic heterocycles. The lowest BCUT2D eigenvalue weighted by Crippen LogP contribution is -2.36. The lowest BCUT2D eigenvalue weighted by atomic mass is 10.1. The molecule has 2 aromatic carbocycles. The number of benzene rings is 2. The summed E-state index contributed by atoms with van der Waals surface area (Å²) < 4.78 is 5.34. The fourth-order valence-corrected chi connectivity index (χ4v) is 3.01. The summed E-state index contributed by atoms with van der Waals surface area (Å²) in [5, 5.41) is 11.7. The number of carbonyl (C=O) groups is 1. The fourth-order valence-electron chi connectivity index (χ4n) is 3.01. The van der Waals surface area contributed by atoms with Crippen molar-refractivity contribution in [3.63, 3.8) is 0 Å². The van der Waals surface area contributed by atoms with Gasteiger partial charge in [0.05, 0.1) is 6.54 Å². The van der Waals surface area contributed by atoms with E-state index in [0.717, 1.165) is 10.9 Å². The van der Waals surface area contributed by atoms with E-state index in [1.165, 1.54) is 0 Å². The van der Waals surface area contributed by atoms with Crippen LogP contribution in [0.5, 0.6) is 5.75 Å². The average molecular weight is 407 g/mol. The molecule has 7 N–H and O–H groups in total. The van der Waals surface area contributed by atoms with Crippen LogP contribution in [0.4, 0.5) is 0 Å². The van der Waals surface area contributed by atoms with Crippen LogP contribution >= 0.6 is 0 Å². The number of nitrogens with two attached hydrogens (primary N) is 2. The number of amidine groups is 1. The van der Waals surface area contributed by atoms with E-state index in [4.69, 9.17) is 21.6 Å². The van der Waals surface area contributed by atoms with Gasteiger partial charge in [-0.1, -0.05) is 18.2 Å². The van der Waals surface area contributed by atoms with Crippen LogP contribution in [0.3, 0.4) is 0 Å². The zero-order valence-corrected chi connectivity index (χ0v) is 16.5. The van der Waals surface area contributed by atoms with Crippen LogP contribution in [-0.2, 0) is 4.79 Å². The molecule has 3 rings (SSSR count). The highest BCUT2D eigenvalue weighted by molar-refractivity contribution is 5.85. The molecule has 30 heavy (non-hydrogen) atoms. The number of hydrogen-bond acceptors (Lipinski definition) is 6. The summed E-state index contributed by atoms with van der Waals surface area (Å²) in [6.07, 6.45) is 1.05. The number of carbonyl (C=O) groups excluding carboxylic acids is 1. The molecule has 0 unspecified atom stereocenters. The monoisotopic (exact) mass is 407 g/mol. The molecule has 0 saturated carbocycles. The highest BCUT2D eigenvalue weighted by Gasteiger charge is 2.16. The Morgan fingerprint density at radius 2 is 1.90 bits per heavy atom. The highest BCUT2D eigenvalue weighted by Crippen LogP contribution is 2.22. The molecule has 0 fully saturated rings. The van der Waals surface area contributed by atoms with E-state index in [9.17, 15) is 9.59 Å². The number of aromatic amines is 1.